The van der Waals surface area contributed by atoms with Gasteiger partial charge in [0.25, 0.3) is 6.43 Å². The summed E-state index contributed by atoms with van der Waals surface area (Å²) in [6, 6.07) is 0. The van der Waals surface area contributed by atoms with Crippen LogP contribution in [0.2, 0.25) is 0 Å². The minimum Gasteiger partial charge on any atom is -0.378 e. The van der Waals surface area contributed by atoms with Crippen molar-refractivity contribution in [2.45, 2.75) is 37.8 Å². The average molecular weight is 165 g/mol. The number of alkyl halides is 2. The number of ether oxygens (including phenoxy) is 1. The Hall–Kier alpha value is -0.220. The van der Waals surface area contributed by atoms with Crippen molar-refractivity contribution in [3.05, 3.63) is 0 Å². The van der Waals surface area contributed by atoms with Gasteiger partial charge in [-0.15, -0.1) is 0 Å². The molecule has 66 valence electrons. The minimum absolute atomic E-state index is 0.0426. The first-order chi connectivity index (χ1) is 5.08. The molecule has 0 bridgehead atoms. The molecule has 0 aliphatic heterocycles. The van der Waals surface area contributed by atoms with E-state index < -0.39 is 12.0 Å². The molecule has 4 heteroatoms. The van der Waals surface area contributed by atoms with Crippen LogP contribution in [0.1, 0.15) is 19.8 Å². The Bertz CT molecular complexity index is 134. The Labute approximate surface area is 64.7 Å². The van der Waals surface area contributed by atoms with E-state index in [0.717, 1.165) is 0 Å². The standard InChI is InChI=1S/C7H13F2NO/c1-2-11-5-3-7(10,4-5)6(8)9/h5-6H,2-4,10H2,1H3. The van der Waals surface area contributed by atoms with Gasteiger partial charge < -0.3 is 10.5 Å². The highest BCUT2D eigenvalue weighted by Crippen LogP contribution is 2.36. The van der Waals surface area contributed by atoms with Gasteiger partial charge in [-0.1, -0.05) is 0 Å². The zero-order chi connectivity index (χ0) is 8.48. The third-order valence-corrected chi connectivity index (χ3v) is 2.05. The van der Waals surface area contributed by atoms with Gasteiger partial charge in [0, 0.05) is 6.61 Å². The Balaban J connectivity index is 2.26. The Morgan fingerprint density at radius 3 is 2.55 bits per heavy atom. The maximum Gasteiger partial charge on any atom is 0.256 e. The average Bonchev–Trinajstić information content (AvgIpc) is 1.84. The molecule has 11 heavy (non-hydrogen) atoms. The van der Waals surface area contributed by atoms with Crippen LogP contribution in [0, 0.1) is 0 Å². The van der Waals surface area contributed by atoms with E-state index >= 15 is 0 Å². The van der Waals surface area contributed by atoms with Crippen LogP contribution in [0.15, 0.2) is 0 Å². The summed E-state index contributed by atoms with van der Waals surface area (Å²) in [6.07, 6.45) is -1.88. The molecular weight excluding hydrogens is 152 g/mol. The molecule has 1 rings (SSSR count). The van der Waals surface area contributed by atoms with E-state index in [0.29, 0.717) is 19.4 Å². The molecule has 0 radical (unpaired) electrons. The molecule has 0 saturated heterocycles. The quantitative estimate of drug-likeness (QED) is 0.680. The van der Waals surface area contributed by atoms with Gasteiger partial charge in [0.2, 0.25) is 0 Å². The highest BCUT2D eigenvalue weighted by molar-refractivity contribution is 5.01. The van der Waals surface area contributed by atoms with Crippen molar-refractivity contribution >= 4 is 0 Å². The van der Waals surface area contributed by atoms with Gasteiger partial charge >= 0.3 is 0 Å². The van der Waals surface area contributed by atoms with Crippen LogP contribution in [0.5, 0.6) is 0 Å². The van der Waals surface area contributed by atoms with E-state index in [4.69, 9.17) is 10.5 Å². The molecular formula is C7H13F2NO. The van der Waals surface area contributed by atoms with Crippen LogP contribution in [-0.2, 0) is 4.74 Å². The first-order valence-electron chi connectivity index (χ1n) is 3.77. The van der Waals surface area contributed by atoms with Crippen LogP contribution in [0.25, 0.3) is 0 Å². The highest BCUT2D eigenvalue weighted by atomic mass is 19.3. The van der Waals surface area contributed by atoms with E-state index in [9.17, 15) is 8.78 Å². The van der Waals surface area contributed by atoms with Gasteiger partial charge in [-0.2, -0.15) is 0 Å². The monoisotopic (exact) mass is 165 g/mol. The maximum absolute atomic E-state index is 12.1. The first-order valence-corrected chi connectivity index (χ1v) is 3.77. The van der Waals surface area contributed by atoms with E-state index in [2.05, 4.69) is 0 Å². The second-order valence-corrected chi connectivity index (χ2v) is 3.02. The predicted molar refractivity (Wildman–Crippen MR) is 37.6 cm³/mol. The molecule has 0 spiro atoms. The Morgan fingerprint density at radius 2 is 2.18 bits per heavy atom. The van der Waals surface area contributed by atoms with Gasteiger partial charge in [0.15, 0.2) is 0 Å². The van der Waals surface area contributed by atoms with Crippen molar-refractivity contribution < 1.29 is 13.5 Å². The lowest BCUT2D eigenvalue weighted by Crippen LogP contribution is -2.60. The largest absolute Gasteiger partial charge is 0.378 e. The molecule has 1 aliphatic rings. The number of nitrogens with two attached hydrogens (primary N) is 1. The van der Waals surface area contributed by atoms with Gasteiger partial charge in [-0.05, 0) is 19.8 Å². The molecule has 0 amide bonds. The third kappa shape index (κ3) is 1.68. The normalized spacial score (nSPS) is 37.4. The van der Waals surface area contributed by atoms with E-state index in [1.807, 2.05) is 6.92 Å². The molecule has 1 saturated carbocycles. The summed E-state index contributed by atoms with van der Waals surface area (Å²) in [5.41, 5.74) is 4.07. The lowest BCUT2D eigenvalue weighted by Gasteiger charge is -2.43. The molecule has 2 nitrogen and oxygen atoms in total. The molecule has 0 aromatic carbocycles. The molecule has 0 aromatic rings. The highest BCUT2D eigenvalue weighted by Gasteiger charge is 2.48. The van der Waals surface area contributed by atoms with Crippen LogP contribution < -0.4 is 5.73 Å². The summed E-state index contributed by atoms with van der Waals surface area (Å²) in [7, 11) is 0. The van der Waals surface area contributed by atoms with Gasteiger partial charge in [0.05, 0.1) is 11.6 Å². The molecule has 0 unspecified atom stereocenters. The number of hydrogen-bond donors (Lipinski definition) is 1. The van der Waals surface area contributed by atoms with Crippen molar-refractivity contribution in [2.75, 3.05) is 6.61 Å². The molecule has 1 aliphatic carbocycles. The zero-order valence-corrected chi connectivity index (χ0v) is 6.52. The van der Waals surface area contributed by atoms with Gasteiger partial charge in [-0.25, -0.2) is 8.78 Å². The summed E-state index contributed by atoms with van der Waals surface area (Å²) >= 11 is 0. The summed E-state index contributed by atoms with van der Waals surface area (Å²) in [5, 5.41) is 0. The van der Waals surface area contributed by atoms with E-state index in [1.165, 1.54) is 0 Å². The SMILES string of the molecule is CCOC1CC(N)(C(F)F)C1. The van der Waals surface area contributed by atoms with Crippen molar-refractivity contribution in [3.8, 4) is 0 Å². The fourth-order valence-corrected chi connectivity index (χ4v) is 1.32. The second kappa shape index (κ2) is 3.03. The number of rotatable bonds is 3. The van der Waals surface area contributed by atoms with E-state index in [1.54, 1.807) is 0 Å². The lowest BCUT2D eigenvalue weighted by molar-refractivity contribution is -0.0943. The molecule has 1 fully saturated rings. The summed E-state index contributed by atoms with van der Waals surface area (Å²) in [5.74, 6) is 0. The van der Waals surface area contributed by atoms with Crippen molar-refractivity contribution in [3.63, 3.8) is 0 Å². The summed E-state index contributed by atoms with van der Waals surface area (Å²) in [4.78, 5) is 0. The molecule has 0 aromatic heterocycles. The van der Waals surface area contributed by atoms with Crippen molar-refractivity contribution in [1.29, 1.82) is 0 Å². The third-order valence-electron chi connectivity index (χ3n) is 2.05. The number of hydrogen-bond acceptors (Lipinski definition) is 2. The Morgan fingerprint density at radius 1 is 1.64 bits per heavy atom. The fraction of sp³-hybridized carbons (Fsp3) is 1.00. The topological polar surface area (TPSA) is 35.2 Å². The van der Waals surface area contributed by atoms with Crippen molar-refractivity contribution in [1.82, 2.24) is 0 Å². The van der Waals surface area contributed by atoms with Crippen LogP contribution in [0.4, 0.5) is 8.78 Å². The van der Waals surface area contributed by atoms with Crippen LogP contribution in [0.3, 0.4) is 0 Å². The second-order valence-electron chi connectivity index (χ2n) is 3.02. The zero-order valence-electron chi connectivity index (χ0n) is 6.52. The molecule has 2 N–H and O–H groups in total. The van der Waals surface area contributed by atoms with Gasteiger partial charge in [-0.3, -0.25) is 0 Å². The predicted octanol–water partition coefficient (Wildman–Crippen LogP) is 1.15. The van der Waals surface area contributed by atoms with Crippen molar-refractivity contribution in [2.24, 2.45) is 5.73 Å². The maximum atomic E-state index is 12.1. The fourth-order valence-electron chi connectivity index (χ4n) is 1.32. The Kier molecular flexibility index (Phi) is 2.44. The van der Waals surface area contributed by atoms with Gasteiger partial charge in [0.1, 0.15) is 0 Å². The first kappa shape index (κ1) is 8.87. The van der Waals surface area contributed by atoms with E-state index in [-0.39, 0.29) is 6.10 Å². The molecule has 0 atom stereocenters. The number of halogens is 2. The minimum atomic E-state index is -2.42. The summed E-state index contributed by atoms with van der Waals surface area (Å²) < 4.78 is 29.3. The molecule has 0 heterocycles. The van der Waals surface area contributed by atoms with Crippen LogP contribution in [-0.4, -0.2) is 24.7 Å². The summed E-state index contributed by atoms with van der Waals surface area (Å²) in [6.45, 7) is 2.42. The smallest absolute Gasteiger partial charge is 0.256 e. The van der Waals surface area contributed by atoms with Crippen LogP contribution >= 0.6 is 0 Å². The lowest BCUT2D eigenvalue weighted by atomic mass is 9.75.